The lowest BCUT2D eigenvalue weighted by molar-refractivity contribution is -0.125. The van der Waals surface area contributed by atoms with Crippen molar-refractivity contribution in [2.45, 2.75) is 23.0 Å². The van der Waals surface area contributed by atoms with Gasteiger partial charge in [-0.15, -0.1) is 11.3 Å². The normalized spacial score (nSPS) is 16.9. The molecule has 1 aliphatic heterocycles. The van der Waals surface area contributed by atoms with Crippen LogP contribution in [-0.2, 0) is 33.8 Å². The number of thiophene rings is 1. The van der Waals surface area contributed by atoms with Crippen LogP contribution in [0, 0.1) is 0 Å². The van der Waals surface area contributed by atoms with Gasteiger partial charge in [-0.1, -0.05) is 6.07 Å². The van der Waals surface area contributed by atoms with Gasteiger partial charge in [0.15, 0.2) is 6.29 Å². The molecule has 2 amide bonds. The van der Waals surface area contributed by atoms with Gasteiger partial charge < -0.3 is 14.2 Å². The molecule has 1 fully saturated rings. The first kappa shape index (κ1) is 24.0. The molecule has 1 aromatic heterocycles. The molecule has 1 aromatic carbocycles. The largest absolute Gasteiger partial charge is 0.465 e. The number of methoxy groups -OCH3 is 3. The van der Waals surface area contributed by atoms with E-state index in [0.717, 1.165) is 20.5 Å². The fourth-order valence-corrected chi connectivity index (χ4v) is 5.98. The van der Waals surface area contributed by atoms with Gasteiger partial charge in [-0.2, -0.15) is 4.31 Å². The lowest BCUT2D eigenvalue weighted by Gasteiger charge is -2.28. The van der Waals surface area contributed by atoms with Gasteiger partial charge >= 0.3 is 5.97 Å². The second kappa shape index (κ2) is 9.88. The maximum absolute atomic E-state index is 13.3. The van der Waals surface area contributed by atoms with Crippen molar-refractivity contribution < 1.29 is 37.0 Å². The number of carbonyl (C=O) groups excluding carboxylic acids is 3. The van der Waals surface area contributed by atoms with Crippen LogP contribution < -0.4 is 4.90 Å². The Bertz CT molecular complexity index is 1080. The van der Waals surface area contributed by atoms with E-state index in [1.807, 2.05) is 0 Å². The molecule has 0 spiro atoms. The summed E-state index contributed by atoms with van der Waals surface area (Å²) in [7, 11) is -0.172. The number of amides is 2. The van der Waals surface area contributed by atoms with Crippen molar-refractivity contribution in [1.82, 2.24) is 4.31 Å². The molecule has 1 unspecified atom stereocenters. The zero-order chi connectivity index (χ0) is 23.5. The molecule has 1 saturated heterocycles. The van der Waals surface area contributed by atoms with Gasteiger partial charge in [0.05, 0.1) is 31.3 Å². The van der Waals surface area contributed by atoms with Crippen molar-refractivity contribution in [1.29, 1.82) is 0 Å². The quantitative estimate of drug-likeness (QED) is 0.299. The molecule has 12 heteroatoms. The molecule has 1 aliphatic rings. The third kappa shape index (κ3) is 4.59. The number of nitrogens with zero attached hydrogens (tertiary/aromatic N) is 2. The zero-order valence-corrected chi connectivity index (χ0v) is 19.2. The third-order valence-electron chi connectivity index (χ3n) is 4.93. The van der Waals surface area contributed by atoms with E-state index in [0.29, 0.717) is 0 Å². The summed E-state index contributed by atoms with van der Waals surface area (Å²) < 4.78 is 42.5. The minimum absolute atomic E-state index is 0.0320. The summed E-state index contributed by atoms with van der Waals surface area (Å²) in [6, 6.07) is 7.42. The van der Waals surface area contributed by atoms with Gasteiger partial charge in [-0.25, -0.2) is 18.1 Å². The molecule has 0 radical (unpaired) electrons. The number of hydrogen-bond acceptors (Lipinski definition) is 9. The number of carbonyl (C=O) groups is 3. The molecule has 1 atom stereocenters. The molecule has 0 bridgehead atoms. The second-order valence-electron chi connectivity index (χ2n) is 6.73. The summed E-state index contributed by atoms with van der Waals surface area (Å²) in [5.74, 6) is -1.83. The predicted octanol–water partition coefficient (Wildman–Crippen LogP) is 1.48. The molecule has 0 aliphatic carbocycles. The Labute approximate surface area is 189 Å². The molecule has 0 saturated carbocycles. The first-order valence-corrected chi connectivity index (χ1v) is 11.7. The van der Waals surface area contributed by atoms with Gasteiger partial charge in [-0.05, 0) is 35.7 Å². The number of imide groups is 1. The Balaban J connectivity index is 1.95. The number of anilines is 1. The Morgan fingerprint density at radius 2 is 1.81 bits per heavy atom. The number of ether oxygens (including phenoxy) is 3. The molecule has 2 heterocycles. The smallest absolute Gasteiger partial charge is 0.337 e. The molecule has 10 nitrogen and oxygen atoms in total. The molecule has 0 N–H and O–H groups in total. The third-order valence-corrected chi connectivity index (χ3v) is 8.18. The van der Waals surface area contributed by atoms with Gasteiger partial charge in [-0.3, -0.25) is 9.59 Å². The molecular formula is C20H22N2O8S2. The number of benzene rings is 1. The minimum Gasteiger partial charge on any atom is -0.465 e. The summed E-state index contributed by atoms with van der Waals surface area (Å²) >= 11 is 1.00. The van der Waals surface area contributed by atoms with Crippen LogP contribution in [0.3, 0.4) is 0 Å². The molecule has 3 rings (SSSR count). The van der Waals surface area contributed by atoms with E-state index in [4.69, 9.17) is 9.47 Å². The van der Waals surface area contributed by atoms with Crippen LogP contribution in [0.25, 0.3) is 0 Å². The molecule has 32 heavy (non-hydrogen) atoms. The lowest BCUT2D eigenvalue weighted by Crippen LogP contribution is -2.48. The number of rotatable bonds is 9. The van der Waals surface area contributed by atoms with Crippen LogP contribution >= 0.6 is 11.3 Å². The highest BCUT2D eigenvalue weighted by Gasteiger charge is 2.47. The fourth-order valence-electron chi connectivity index (χ4n) is 3.29. The van der Waals surface area contributed by atoms with Gasteiger partial charge in [0.2, 0.25) is 5.91 Å². The van der Waals surface area contributed by atoms with Crippen LogP contribution in [0.4, 0.5) is 5.69 Å². The first-order chi connectivity index (χ1) is 15.2. The maximum atomic E-state index is 13.3. The topological polar surface area (TPSA) is 120 Å². The highest BCUT2D eigenvalue weighted by molar-refractivity contribution is 7.91. The average Bonchev–Trinajstić information content (AvgIpc) is 3.43. The Morgan fingerprint density at radius 3 is 2.34 bits per heavy atom. The van der Waals surface area contributed by atoms with Crippen LogP contribution in [0.2, 0.25) is 0 Å². The van der Waals surface area contributed by atoms with Crippen molar-refractivity contribution in [3.63, 3.8) is 0 Å². The van der Waals surface area contributed by atoms with E-state index >= 15 is 0 Å². The number of hydrogen-bond donors (Lipinski definition) is 0. The van der Waals surface area contributed by atoms with Crippen LogP contribution in [0.5, 0.6) is 0 Å². The Morgan fingerprint density at radius 1 is 1.16 bits per heavy atom. The highest BCUT2D eigenvalue weighted by Crippen LogP contribution is 2.31. The molecule has 172 valence electrons. The Hall–Kier alpha value is -2.64. The van der Waals surface area contributed by atoms with Crippen molar-refractivity contribution in [3.05, 3.63) is 47.3 Å². The Kier molecular flexibility index (Phi) is 7.41. The minimum atomic E-state index is -4.11. The van der Waals surface area contributed by atoms with E-state index in [1.54, 1.807) is 11.4 Å². The van der Waals surface area contributed by atoms with Crippen molar-refractivity contribution in [2.75, 3.05) is 32.8 Å². The average molecular weight is 483 g/mol. The van der Waals surface area contributed by atoms with Gasteiger partial charge in [0.1, 0.15) is 10.3 Å². The van der Waals surface area contributed by atoms with Gasteiger partial charge in [0, 0.05) is 14.2 Å². The summed E-state index contributed by atoms with van der Waals surface area (Å²) in [6.45, 7) is -0.286. The van der Waals surface area contributed by atoms with E-state index < -0.39 is 40.1 Å². The van der Waals surface area contributed by atoms with Crippen LogP contribution in [-0.4, -0.2) is 70.7 Å². The highest BCUT2D eigenvalue weighted by atomic mass is 32.2. The van der Waals surface area contributed by atoms with Crippen LogP contribution in [0.1, 0.15) is 16.8 Å². The second-order valence-corrected chi connectivity index (χ2v) is 9.80. The summed E-state index contributed by atoms with van der Waals surface area (Å²) in [4.78, 5) is 38.5. The molecular weight excluding hydrogens is 460 g/mol. The number of sulfonamides is 1. The first-order valence-electron chi connectivity index (χ1n) is 9.40. The maximum Gasteiger partial charge on any atom is 0.337 e. The fraction of sp³-hybridized carbons (Fsp3) is 0.350. The van der Waals surface area contributed by atoms with E-state index in [-0.39, 0.29) is 28.4 Å². The molecule has 2 aromatic rings. The summed E-state index contributed by atoms with van der Waals surface area (Å²) in [5.41, 5.74) is 0.468. The van der Waals surface area contributed by atoms with E-state index in [2.05, 4.69) is 4.74 Å². The summed E-state index contributed by atoms with van der Waals surface area (Å²) in [6.07, 6.45) is -1.29. The van der Waals surface area contributed by atoms with E-state index in [1.165, 1.54) is 51.7 Å². The van der Waals surface area contributed by atoms with Crippen molar-refractivity contribution >= 4 is 44.8 Å². The SMILES string of the molecule is COC(=O)c1ccc(N2C(=O)CC(N(CC(OC)OC)S(=O)(=O)c3cccs3)C2=O)cc1. The number of esters is 1. The summed E-state index contributed by atoms with van der Waals surface area (Å²) in [5, 5.41) is 1.60. The van der Waals surface area contributed by atoms with Gasteiger partial charge in [0.25, 0.3) is 15.9 Å². The standard InChI is InChI=1S/C20H22N2O8S2/c1-28-17(29-2)12-21(32(26,27)18-5-4-10-31-18)15-11-16(23)22(19(15)24)14-8-6-13(7-9-14)20(25)30-3/h4-10,15,17H,11-12H2,1-3H3. The lowest BCUT2D eigenvalue weighted by atomic mass is 10.2. The predicted molar refractivity (Wildman–Crippen MR) is 115 cm³/mol. The van der Waals surface area contributed by atoms with E-state index in [9.17, 15) is 22.8 Å². The van der Waals surface area contributed by atoms with Crippen molar-refractivity contribution in [3.8, 4) is 0 Å². The monoisotopic (exact) mass is 482 g/mol. The zero-order valence-electron chi connectivity index (χ0n) is 17.6. The van der Waals surface area contributed by atoms with Crippen LogP contribution in [0.15, 0.2) is 46.0 Å². The van der Waals surface area contributed by atoms with Crippen molar-refractivity contribution in [2.24, 2.45) is 0 Å².